The molecule has 2 aromatic rings. The Bertz CT molecular complexity index is 745. The molecule has 2 heterocycles. The summed E-state index contributed by atoms with van der Waals surface area (Å²) in [5.41, 5.74) is 1.46. The summed E-state index contributed by atoms with van der Waals surface area (Å²) >= 11 is 0. The number of rotatable bonds is 2. The van der Waals surface area contributed by atoms with Gasteiger partial charge in [-0.25, -0.2) is 14.2 Å². The zero-order chi connectivity index (χ0) is 15.0. The first-order valence-electron chi connectivity index (χ1n) is 6.36. The highest BCUT2D eigenvalue weighted by Gasteiger charge is 2.26. The van der Waals surface area contributed by atoms with Gasteiger partial charge in [-0.05, 0) is 36.2 Å². The second-order valence-electron chi connectivity index (χ2n) is 4.71. The third-order valence-electron chi connectivity index (χ3n) is 3.41. The molecule has 1 aromatic heterocycles. The van der Waals surface area contributed by atoms with Gasteiger partial charge in [-0.3, -0.25) is 4.79 Å². The van der Waals surface area contributed by atoms with E-state index in [2.05, 4.69) is 4.98 Å². The Morgan fingerprint density at radius 2 is 2.05 bits per heavy atom. The highest BCUT2D eigenvalue weighted by Crippen LogP contribution is 2.30. The van der Waals surface area contributed by atoms with E-state index < -0.39 is 11.8 Å². The van der Waals surface area contributed by atoms with Crippen molar-refractivity contribution in [1.82, 2.24) is 4.98 Å². The minimum atomic E-state index is -1.20. The SMILES string of the molecule is O=C(O)c1cc(C(=O)N2CCc3ccc(F)cc32)ccn1. The van der Waals surface area contributed by atoms with Gasteiger partial charge in [0.1, 0.15) is 11.5 Å². The molecule has 0 saturated carbocycles. The van der Waals surface area contributed by atoms with E-state index in [0.29, 0.717) is 18.7 Å². The number of nitrogens with zero attached hydrogens (tertiary/aromatic N) is 2. The minimum Gasteiger partial charge on any atom is -0.477 e. The van der Waals surface area contributed by atoms with Gasteiger partial charge in [-0.15, -0.1) is 0 Å². The molecule has 1 aliphatic rings. The smallest absolute Gasteiger partial charge is 0.354 e. The van der Waals surface area contributed by atoms with Crippen molar-refractivity contribution in [3.63, 3.8) is 0 Å². The van der Waals surface area contributed by atoms with Crippen molar-refractivity contribution in [2.75, 3.05) is 11.4 Å². The molecule has 21 heavy (non-hydrogen) atoms. The summed E-state index contributed by atoms with van der Waals surface area (Å²) in [4.78, 5) is 28.5. The van der Waals surface area contributed by atoms with E-state index in [1.165, 1.54) is 35.4 Å². The molecule has 6 heteroatoms. The molecule has 0 unspecified atom stereocenters. The largest absolute Gasteiger partial charge is 0.477 e. The zero-order valence-corrected chi connectivity index (χ0v) is 10.9. The molecule has 0 fully saturated rings. The predicted octanol–water partition coefficient (Wildman–Crippen LogP) is 2.12. The number of anilines is 1. The lowest BCUT2D eigenvalue weighted by atomic mass is 10.1. The van der Waals surface area contributed by atoms with E-state index in [1.54, 1.807) is 6.07 Å². The average Bonchev–Trinajstić information content (AvgIpc) is 2.89. The quantitative estimate of drug-likeness (QED) is 0.918. The van der Waals surface area contributed by atoms with E-state index in [9.17, 15) is 14.0 Å². The zero-order valence-electron chi connectivity index (χ0n) is 10.9. The van der Waals surface area contributed by atoms with Gasteiger partial charge in [-0.1, -0.05) is 6.07 Å². The molecule has 0 aliphatic carbocycles. The van der Waals surface area contributed by atoms with E-state index in [4.69, 9.17) is 5.11 Å². The Labute approximate surface area is 119 Å². The number of pyridine rings is 1. The van der Waals surface area contributed by atoms with Gasteiger partial charge in [0.05, 0.1) is 5.69 Å². The molecule has 106 valence electrons. The maximum atomic E-state index is 13.3. The van der Waals surface area contributed by atoms with Gasteiger partial charge >= 0.3 is 5.97 Å². The molecule has 0 bridgehead atoms. The maximum Gasteiger partial charge on any atom is 0.354 e. The molecule has 0 spiro atoms. The number of carbonyl (C=O) groups is 2. The molecular formula is C15H11FN2O3. The summed E-state index contributed by atoms with van der Waals surface area (Å²) in [5, 5.41) is 8.91. The van der Waals surface area contributed by atoms with Crippen LogP contribution in [-0.2, 0) is 6.42 Å². The number of amides is 1. The third-order valence-corrected chi connectivity index (χ3v) is 3.41. The van der Waals surface area contributed by atoms with Crippen molar-refractivity contribution >= 4 is 17.6 Å². The Morgan fingerprint density at radius 3 is 2.81 bits per heavy atom. The molecule has 0 atom stereocenters. The van der Waals surface area contributed by atoms with Crippen molar-refractivity contribution in [3.05, 3.63) is 59.2 Å². The van der Waals surface area contributed by atoms with Gasteiger partial charge in [0.25, 0.3) is 5.91 Å². The van der Waals surface area contributed by atoms with E-state index in [0.717, 1.165) is 5.56 Å². The fourth-order valence-electron chi connectivity index (χ4n) is 2.40. The number of carbonyl (C=O) groups excluding carboxylic acids is 1. The number of hydrogen-bond acceptors (Lipinski definition) is 3. The Morgan fingerprint density at radius 1 is 1.24 bits per heavy atom. The molecule has 5 nitrogen and oxygen atoms in total. The summed E-state index contributed by atoms with van der Waals surface area (Å²) in [5.74, 6) is -1.96. The van der Waals surface area contributed by atoms with Crippen LogP contribution in [0.1, 0.15) is 26.4 Å². The third kappa shape index (κ3) is 2.35. The van der Waals surface area contributed by atoms with Crippen LogP contribution in [0.3, 0.4) is 0 Å². The number of aromatic nitrogens is 1. The average molecular weight is 286 g/mol. The predicted molar refractivity (Wildman–Crippen MR) is 73.0 cm³/mol. The number of aromatic carboxylic acids is 1. The molecule has 3 rings (SSSR count). The molecule has 0 radical (unpaired) electrons. The van der Waals surface area contributed by atoms with Gasteiger partial charge in [-0.2, -0.15) is 0 Å². The first-order valence-corrected chi connectivity index (χ1v) is 6.36. The van der Waals surface area contributed by atoms with Crippen LogP contribution < -0.4 is 4.90 Å². The molecule has 1 amide bonds. The van der Waals surface area contributed by atoms with Crippen LogP contribution in [0.2, 0.25) is 0 Å². The maximum absolute atomic E-state index is 13.3. The van der Waals surface area contributed by atoms with Crippen molar-refractivity contribution in [2.45, 2.75) is 6.42 Å². The molecule has 0 saturated heterocycles. The van der Waals surface area contributed by atoms with Crippen molar-refractivity contribution in [1.29, 1.82) is 0 Å². The number of fused-ring (bicyclic) bond motifs is 1. The summed E-state index contributed by atoms with van der Waals surface area (Å²) in [6.07, 6.45) is 1.93. The van der Waals surface area contributed by atoms with Gasteiger partial charge in [0.15, 0.2) is 0 Å². The highest BCUT2D eigenvalue weighted by atomic mass is 19.1. The van der Waals surface area contributed by atoms with Crippen LogP contribution in [0.25, 0.3) is 0 Å². The topological polar surface area (TPSA) is 70.5 Å². The molecule has 1 aromatic carbocycles. The first-order chi connectivity index (χ1) is 10.1. The second-order valence-corrected chi connectivity index (χ2v) is 4.71. The number of benzene rings is 1. The van der Waals surface area contributed by atoms with Crippen LogP contribution >= 0.6 is 0 Å². The lowest BCUT2D eigenvalue weighted by Gasteiger charge is -2.17. The minimum absolute atomic E-state index is 0.195. The summed E-state index contributed by atoms with van der Waals surface area (Å²) < 4.78 is 13.3. The number of hydrogen-bond donors (Lipinski definition) is 1. The Kier molecular flexibility index (Phi) is 3.13. The van der Waals surface area contributed by atoms with Crippen molar-refractivity contribution < 1.29 is 19.1 Å². The van der Waals surface area contributed by atoms with E-state index in [-0.39, 0.29) is 17.2 Å². The fraction of sp³-hybridized carbons (Fsp3) is 0.133. The monoisotopic (exact) mass is 286 g/mol. The van der Waals surface area contributed by atoms with Crippen LogP contribution in [0.4, 0.5) is 10.1 Å². The van der Waals surface area contributed by atoms with Crippen LogP contribution in [0, 0.1) is 5.82 Å². The second kappa shape index (κ2) is 4.97. The van der Waals surface area contributed by atoms with Crippen LogP contribution in [0.5, 0.6) is 0 Å². The van der Waals surface area contributed by atoms with Crippen molar-refractivity contribution in [3.8, 4) is 0 Å². The van der Waals surface area contributed by atoms with Crippen LogP contribution in [0.15, 0.2) is 36.5 Å². The lowest BCUT2D eigenvalue weighted by Crippen LogP contribution is -2.29. The van der Waals surface area contributed by atoms with E-state index in [1.807, 2.05) is 0 Å². The molecular weight excluding hydrogens is 275 g/mol. The fourth-order valence-corrected chi connectivity index (χ4v) is 2.40. The number of carboxylic acids is 1. The summed E-state index contributed by atoms with van der Waals surface area (Å²) in [7, 11) is 0. The lowest BCUT2D eigenvalue weighted by molar-refractivity contribution is 0.0690. The number of halogens is 1. The van der Waals surface area contributed by atoms with E-state index >= 15 is 0 Å². The van der Waals surface area contributed by atoms with Gasteiger partial charge in [0, 0.05) is 18.3 Å². The van der Waals surface area contributed by atoms with Gasteiger partial charge in [0.2, 0.25) is 0 Å². The molecule has 1 aliphatic heterocycles. The summed E-state index contributed by atoms with van der Waals surface area (Å²) in [6.45, 7) is 0.447. The number of carboxylic acid groups (broad SMARTS) is 1. The molecule has 1 N–H and O–H groups in total. The first kappa shape index (κ1) is 13.2. The van der Waals surface area contributed by atoms with Crippen molar-refractivity contribution in [2.24, 2.45) is 0 Å². The Hall–Kier alpha value is -2.76. The van der Waals surface area contributed by atoms with Crippen LogP contribution in [-0.4, -0.2) is 28.5 Å². The Balaban J connectivity index is 1.96. The highest BCUT2D eigenvalue weighted by molar-refractivity contribution is 6.08. The standard InChI is InChI=1S/C15H11FN2O3/c16-11-2-1-9-4-6-18(13(9)8-11)14(19)10-3-5-17-12(7-10)15(20)21/h1-3,5,7-8H,4,6H2,(H,20,21). The normalized spacial score (nSPS) is 13.1. The van der Waals surface area contributed by atoms with Gasteiger partial charge < -0.3 is 10.0 Å². The summed E-state index contributed by atoms with van der Waals surface area (Å²) in [6, 6.07) is 7.02.